The molecule has 1 N–H and O–H groups in total. The number of nitrogens with one attached hydrogen (secondary N) is 1. The number of nitrogens with zero attached hydrogens (tertiary/aromatic N) is 1. The third-order valence-electron chi connectivity index (χ3n) is 2.75. The quantitative estimate of drug-likeness (QED) is 0.437. The van der Waals surface area contributed by atoms with E-state index in [0.29, 0.717) is 6.61 Å². The zero-order chi connectivity index (χ0) is 17.4. The van der Waals surface area contributed by atoms with Crippen LogP contribution >= 0.6 is 0 Å². The normalized spacial score (nSPS) is 11.4. The minimum atomic E-state index is -1.09. The van der Waals surface area contributed by atoms with Crippen LogP contribution in [0.4, 0.5) is 11.4 Å². The molecule has 1 atom stereocenters. The van der Waals surface area contributed by atoms with Gasteiger partial charge in [0.05, 0.1) is 17.7 Å². The summed E-state index contributed by atoms with van der Waals surface area (Å²) in [4.78, 5) is 33.6. The first kappa shape index (κ1) is 18.4. The molecule has 0 aliphatic rings. The van der Waals surface area contributed by atoms with E-state index >= 15 is 0 Å². The van der Waals surface area contributed by atoms with Crippen LogP contribution in [-0.4, -0.2) is 43.2 Å². The van der Waals surface area contributed by atoms with Crippen LogP contribution < -0.4 is 10.1 Å². The second-order valence-electron chi connectivity index (χ2n) is 4.40. The summed E-state index contributed by atoms with van der Waals surface area (Å²) in [5.74, 6) is -1.08. The van der Waals surface area contributed by atoms with Crippen molar-refractivity contribution < 1.29 is 28.7 Å². The Bertz CT molecular complexity index is 588. The Labute approximate surface area is 132 Å². The molecule has 9 nitrogen and oxygen atoms in total. The lowest BCUT2D eigenvalue weighted by molar-refractivity contribution is -0.384. The lowest BCUT2D eigenvalue weighted by Crippen LogP contribution is -2.31. The van der Waals surface area contributed by atoms with Crippen LogP contribution in [0.5, 0.6) is 5.75 Å². The fraction of sp³-hybridized carbons (Fsp3) is 0.429. The maximum atomic E-state index is 12.0. The highest BCUT2D eigenvalue weighted by Gasteiger charge is 2.20. The zero-order valence-corrected chi connectivity index (χ0v) is 13.0. The Morgan fingerprint density at radius 1 is 1.39 bits per heavy atom. The van der Waals surface area contributed by atoms with Crippen LogP contribution in [0.1, 0.15) is 13.8 Å². The van der Waals surface area contributed by atoms with Gasteiger partial charge in [-0.15, -0.1) is 0 Å². The minimum Gasteiger partial charge on any atom is -0.495 e. The van der Waals surface area contributed by atoms with Gasteiger partial charge in [0, 0.05) is 18.7 Å². The van der Waals surface area contributed by atoms with E-state index in [9.17, 15) is 19.7 Å². The van der Waals surface area contributed by atoms with Crippen molar-refractivity contribution in [1.82, 2.24) is 0 Å². The molecule has 0 unspecified atom stereocenters. The van der Waals surface area contributed by atoms with Gasteiger partial charge in [-0.2, -0.15) is 0 Å². The molecule has 0 saturated carbocycles. The molecule has 126 valence electrons. The van der Waals surface area contributed by atoms with Crippen molar-refractivity contribution in [2.24, 2.45) is 0 Å². The van der Waals surface area contributed by atoms with Crippen molar-refractivity contribution in [1.29, 1.82) is 0 Å². The number of esters is 1. The van der Waals surface area contributed by atoms with E-state index in [1.807, 2.05) is 0 Å². The molecule has 0 radical (unpaired) electrons. The summed E-state index contributed by atoms with van der Waals surface area (Å²) in [7, 11) is 1.36. The Balaban J connectivity index is 2.77. The van der Waals surface area contributed by atoms with Gasteiger partial charge in [0.25, 0.3) is 11.6 Å². The SMILES string of the molecule is CCOCC(=O)O[C@H](C)C(=O)Nc1cc([N+](=O)[O-])ccc1OC. The largest absolute Gasteiger partial charge is 0.495 e. The molecule has 0 aliphatic heterocycles. The van der Waals surface area contributed by atoms with Crippen LogP contribution in [0.2, 0.25) is 0 Å². The predicted molar refractivity (Wildman–Crippen MR) is 80.3 cm³/mol. The molecule has 23 heavy (non-hydrogen) atoms. The van der Waals surface area contributed by atoms with Gasteiger partial charge in [-0.3, -0.25) is 14.9 Å². The molecule has 0 aliphatic carbocycles. The first-order chi connectivity index (χ1) is 10.9. The van der Waals surface area contributed by atoms with Crippen LogP contribution in [0, 0.1) is 10.1 Å². The second kappa shape index (κ2) is 8.69. The Kier molecular flexibility index (Phi) is 6.94. The molecule has 1 aromatic rings. The monoisotopic (exact) mass is 326 g/mol. The second-order valence-corrected chi connectivity index (χ2v) is 4.40. The van der Waals surface area contributed by atoms with Gasteiger partial charge in [-0.1, -0.05) is 0 Å². The van der Waals surface area contributed by atoms with Crippen LogP contribution in [0.3, 0.4) is 0 Å². The summed E-state index contributed by atoms with van der Waals surface area (Å²) in [6.45, 7) is 3.19. The summed E-state index contributed by atoms with van der Waals surface area (Å²) in [5, 5.41) is 13.2. The van der Waals surface area contributed by atoms with Gasteiger partial charge in [-0.05, 0) is 19.9 Å². The summed E-state index contributed by atoms with van der Waals surface area (Å²) < 4.78 is 14.8. The number of rotatable bonds is 8. The van der Waals surface area contributed by atoms with Gasteiger partial charge in [0.1, 0.15) is 12.4 Å². The highest BCUT2D eigenvalue weighted by Crippen LogP contribution is 2.29. The maximum Gasteiger partial charge on any atom is 0.332 e. The minimum absolute atomic E-state index is 0.111. The van der Waals surface area contributed by atoms with Crippen LogP contribution in [0.15, 0.2) is 18.2 Å². The lowest BCUT2D eigenvalue weighted by Gasteiger charge is -2.15. The first-order valence-corrected chi connectivity index (χ1v) is 6.79. The Morgan fingerprint density at radius 2 is 2.09 bits per heavy atom. The fourth-order valence-corrected chi connectivity index (χ4v) is 1.61. The third kappa shape index (κ3) is 5.55. The molecular weight excluding hydrogens is 308 g/mol. The van der Waals surface area contributed by atoms with Crippen molar-refractivity contribution in [3.05, 3.63) is 28.3 Å². The zero-order valence-electron chi connectivity index (χ0n) is 13.0. The number of nitro benzene ring substituents is 1. The highest BCUT2D eigenvalue weighted by molar-refractivity contribution is 5.96. The topological polar surface area (TPSA) is 117 Å². The molecule has 0 aromatic heterocycles. The van der Waals surface area contributed by atoms with E-state index in [1.165, 1.54) is 26.2 Å². The van der Waals surface area contributed by atoms with Crippen molar-refractivity contribution in [3.63, 3.8) is 0 Å². The van der Waals surface area contributed by atoms with Gasteiger partial charge >= 0.3 is 5.97 Å². The van der Waals surface area contributed by atoms with Crippen LogP contribution in [0.25, 0.3) is 0 Å². The number of anilines is 1. The molecule has 9 heteroatoms. The van der Waals surface area contributed by atoms with Gasteiger partial charge in [0.15, 0.2) is 6.10 Å². The number of nitro groups is 1. The number of benzene rings is 1. The highest BCUT2D eigenvalue weighted by atomic mass is 16.6. The Morgan fingerprint density at radius 3 is 2.65 bits per heavy atom. The third-order valence-corrected chi connectivity index (χ3v) is 2.75. The number of methoxy groups -OCH3 is 1. The molecule has 1 aromatic carbocycles. The van der Waals surface area contributed by atoms with E-state index in [4.69, 9.17) is 14.2 Å². The number of amides is 1. The molecule has 0 heterocycles. The number of carbonyl (C=O) groups excluding carboxylic acids is 2. The lowest BCUT2D eigenvalue weighted by atomic mass is 10.2. The molecule has 0 saturated heterocycles. The van der Waals surface area contributed by atoms with Crippen molar-refractivity contribution in [2.75, 3.05) is 25.6 Å². The average molecular weight is 326 g/mol. The van der Waals surface area contributed by atoms with Crippen LogP contribution in [-0.2, 0) is 19.1 Å². The van der Waals surface area contributed by atoms with Gasteiger partial charge in [-0.25, -0.2) is 4.79 Å². The number of carbonyl (C=O) groups is 2. The molecule has 0 bridgehead atoms. The number of hydrogen-bond acceptors (Lipinski definition) is 7. The number of hydrogen-bond donors (Lipinski definition) is 1. The summed E-state index contributed by atoms with van der Waals surface area (Å²) in [5.41, 5.74) is -0.0958. The van der Waals surface area contributed by atoms with E-state index in [2.05, 4.69) is 5.32 Å². The molecule has 1 amide bonds. The van der Waals surface area contributed by atoms with Gasteiger partial charge < -0.3 is 19.5 Å². The smallest absolute Gasteiger partial charge is 0.332 e. The molecule has 0 spiro atoms. The molecule has 1 rings (SSSR count). The summed E-state index contributed by atoms with van der Waals surface area (Å²) >= 11 is 0. The Hall–Kier alpha value is -2.68. The standard InChI is InChI=1S/C14H18N2O7/c1-4-22-8-13(17)23-9(2)14(18)15-11-7-10(16(19)20)5-6-12(11)21-3/h5-7,9H,4,8H2,1-3H3,(H,15,18)/t9-/m1/s1. The maximum absolute atomic E-state index is 12.0. The van der Waals surface area contributed by atoms with Crippen molar-refractivity contribution in [3.8, 4) is 5.75 Å². The van der Waals surface area contributed by atoms with E-state index in [0.717, 1.165) is 6.07 Å². The summed E-state index contributed by atoms with van der Waals surface area (Å²) in [6.07, 6.45) is -1.09. The number of non-ortho nitro benzene ring substituents is 1. The van der Waals surface area contributed by atoms with E-state index in [1.54, 1.807) is 6.92 Å². The average Bonchev–Trinajstić information content (AvgIpc) is 2.52. The fourth-order valence-electron chi connectivity index (χ4n) is 1.61. The van der Waals surface area contributed by atoms with Crippen molar-refractivity contribution in [2.45, 2.75) is 20.0 Å². The van der Waals surface area contributed by atoms with Gasteiger partial charge in [0.2, 0.25) is 0 Å². The van der Waals surface area contributed by atoms with E-state index in [-0.39, 0.29) is 23.7 Å². The first-order valence-electron chi connectivity index (χ1n) is 6.79. The summed E-state index contributed by atoms with van der Waals surface area (Å²) in [6, 6.07) is 3.77. The predicted octanol–water partition coefficient (Wildman–Crippen LogP) is 1.51. The molecule has 0 fully saturated rings. The number of ether oxygens (including phenoxy) is 3. The molecular formula is C14H18N2O7. The van der Waals surface area contributed by atoms with Crippen molar-refractivity contribution >= 4 is 23.3 Å². The van der Waals surface area contributed by atoms with E-state index < -0.39 is 22.9 Å².